The number of rotatable bonds is 7. The summed E-state index contributed by atoms with van der Waals surface area (Å²) in [7, 11) is 0. The summed E-state index contributed by atoms with van der Waals surface area (Å²) in [5.74, 6) is -3.58. The molecular formula is C19H17F4NO4. The lowest BCUT2D eigenvalue weighted by Gasteiger charge is -2.33. The zero-order valence-electron chi connectivity index (χ0n) is 14.8. The van der Waals surface area contributed by atoms with Crippen LogP contribution in [0.15, 0.2) is 54.6 Å². The van der Waals surface area contributed by atoms with Crippen molar-refractivity contribution >= 4 is 11.9 Å². The van der Waals surface area contributed by atoms with Crippen LogP contribution in [0.3, 0.4) is 0 Å². The van der Waals surface area contributed by atoms with Crippen LogP contribution in [0.4, 0.5) is 17.6 Å². The highest BCUT2D eigenvalue weighted by Crippen LogP contribution is 2.34. The fourth-order valence-corrected chi connectivity index (χ4v) is 2.24. The summed E-state index contributed by atoms with van der Waals surface area (Å²) in [6.07, 6.45) is -5.33. The minimum Gasteiger partial charge on any atom is -0.462 e. The standard InChI is InChI=1S/C19H17F4NO4/c1-2-27-17(26)18(19(21,22)23,24-16(25)14-6-4-3-5-7-14)28-12-13-8-10-15(20)11-9-13/h3-11H,2,12H2,1H3,(H,24,25)/t18-/m1/s1. The van der Waals surface area contributed by atoms with Crippen LogP contribution in [0.1, 0.15) is 22.8 Å². The van der Waals surface area contributed by atoms with Gasteiger partial charge in [0.05, 0.1) is 13.2 Å². The number of esters is 1. The summed E-state index contributed by atoms with van der Waals surface area (Å²) in [6.45, 7) is 0.226. The lowest BCUT2D eigenvalue weighted by Crippen LogP contribution is -2.66. The molecule has 0 aromatic heterocycles. The Morgan fingerprint density at radius 3 is 2.14 bits per heavy atom. The number of halogens is 4. The number of nitrogens with one attached hydrogen (secondary N) is 1. The summed E-state index contributed by atoms with van der Waals surface area (Å²) < 4.78 is 64.1. The number of hydrogen-bond acceptors (Lipinski definition) is 4. The van der Waals surface area contributed by atoms with Gasteiger partial charge in [-0.15, -0.1) is 0 Å². The summed E-state index contributed by atoms with van der Waals surface area (Å²) in [5, 5.41) is 1.62. The largest absolute Gasteiger partial charge is 0.462 e. The molecule has 0 saturated heterocycles. The van der Waals surface area contributed by atoms with Gasteiger partial charge in [0.1, 0.15) is 5.82 Å². The third kappa shape index (κ3) is 4.86. The predicted molar refractivity (Wildman–Crippen MR) is 90.5 cm³/mol. The van der Waals surface area contributed by atoms with Gasteiger partial charge in [-0.25, -0.2) is 9.18 Å². The van der Waals surface area contributed by atoms with Gasteiger partial charge in [-0.05, 0) is 36.8 Å². The molecule has 1 amide bonds. The van der Waals surface area contributed by atoms with Crippen LogP contribution in [-0.2, 0) is 20.9 Å². The second-order valence-electron chi connectivity index (χ2n) is 5.63. The fraction of sp³-hybridized carbons (Fsp3) is 0.263. The van der Waals surface area contributed by atoms with Crippen molar-refractivity contribution in [2.45, 2.75) is 25.4 Å². The number of amides is 1. The summed E-state index contributed by atoms with van der Waals surface area (Å²) >= 11 is 0. The topological polar surface area (TPSA) is 64.6 Å². The van der Waals surface area contributed by atoms with Crippen molar-refractivity contribution in [1.29, 1.82) is 0 Å². The van der Waals surface area contributed by atoms with Crippen molar-refractivity contribution in [2.24, 2.45) is 0 Å². The second-order valence-corrected chi connectivity index (χ2v) is 5.63. The first-order valence-corrected chi connectivity index (χ1v) is 8.19. The first kappa shape index (κ1) is 21.4. The van der Waals surface area contributed by atoms with Crippen molar-refractivity contribution in [3.8, 4) is 0 Å². The Bertz CT molecular complexity index is 809. The van der Waals surface area contributed by atoms with Crippen molar-refractivity contribution in [2.75, 3.05) is 6.61 Å². The highest BCUT2D eigenvalue weighted by molar-refractivity contribution is 5.98. The average Bonchev–Trinajstić information content (AvgIpc) is 2.66. The van der Waals surface area contributed by atoms with E-state index >= 15 is 0 Å². The molecule has 0 aliphatic rings. The van der Waals surface area contributed by atoms with Gasteiger partial charge < -0.3 is 14.8 Å². The molecule has 0 aliphatic carbocycles. The van der Waals surface area contributed by atoms with Crippen LogP contribution in [0.2, 0.25) is 0 Å². The predicted octanol–water partition coefficient (Wildman–Crippen LogP) is 3.59. The number of hydrogen-bond donors (Lipinski definition) is 1. The Morgan fingerprint density at radius 2 is 1.61 bits per heavy atom. The molecule has 0 bridgehead atoms. The van der Waals surface area contributed by atoms with E-state index in [1.807, 2.05) is 0 Å². The molecule has 28 heavy (non-hydrogen) atoms. The van der Waals surface area contributed by atoms with E-state index in [2.05, 4.69) is 4.74 Å². The normalized spacial score (nSPS) is 13.5. The third-order valence-corrected chi connectivity index (χ3v) is 3.66. The van der Waals surface area contributed by atoms with Crippen LogP contribution in [0.25, 0.3) is 0 Å². The van der Waals surface area contributed by atoms with Gasteiger partial charge >= 0.3 is 17.9 Å². The molecule has 2 rings (SSSR count). The minimum absolute atomic E-state index is 0.106. The van der Waals surface area contributed by atoms with Gasteiger partial charge in [-0.1, -0.05) is 30.3 Å². The quantitative estimate of drug-likeness (QED) is 0.439. The van der Waals surface area contributed by atoms with Gasteiger partial charge in [0.2, 0.25) is 0 Å². The minimum atomic E-state index is -5.33. The first-order valence-electron chi connectivity index (χ1n) is 8.19. The number of carbonyl (C=O) groups is 2. The van der Waals surface area contributed by atoms with Crippen molar-refractivity contribution in [3.63, 3.8) is 0 Å². The van der Waals surface area contributed by atoms with Gasteiger partial charge in [0, 0.05) is 5.56 Å². The average molecular weight is 399 g/mol. The van der Waals surface area contributed by atoms with Crippen molar-refractivity contribution in [3.05, 3.63) is 71.5 Å². The molecule has 0 heterocycles. The number of ether oxygens (including phenoxy) is 2. The second kappa shape index (κ2) is 8.83. The Balaban J connectivity index is 2.37. The molecule has 1 N–H and O–H groups in total. The van der Waals surface area contributed by atoms with E-state index < -0.39 is 36.2 Å². The number of benzene rings is 2. The molecule has 0 spiro atoms. The first-order chi connectivity index (χ1) is 13.2. The maximum absolute atomic E-state index is 13.9. The highest BCUT2D eigenvalue weighted by Gasteiger charge is 2.65. The molecule has 0 aliphatic heterocycles. The molecule has 5 nitrogen and oxygen atoms in total. The van der Waals surface area contributed by atoms with Crippen LogP contribution in [-0.4, -0.2) is 30.4 Å². The third-order valence-electron chi connectivity index (χ3n) is 3.66. The van der Waals surface area contributed by atoms with Crippen LogP contribution < -0.4 is 5.32 Å². The van der Waals surface area contributed by atoms with Gasteiger partial charge in [-0.3, -0.25) is 4.79 Å². The molecule has 2 aromatic rings. The monoisotopic (exact) mass is 399 g/mol. The number of alkyl halides is 3. The van der Waals surface area contributed by atoms with E-state index in [-0.39, 0.29) is 17.7 Å². The fourth-order valence-electron chi connectivity index (χ4n) is 2.24. The lowest BCUT2D eigenvalue weighted by molar-refractivity contribution is -0.287. The molecule has 0 unspecified atom stereocenters. The maximum atomic E-state index is 13.9. The molecule has 1 atom stereocenters. The van der Waals surface area contributed by atoms with E-state index in [0.29, 0.717) is 0 Å². The SMILES string of the molecule is CCOC(=O)[C@@](NC(=O)c1ccccc1)(OCc1ccc(F)cc1)C(F)(F)F. The molecule has 0 fully saturated rings. The van der Waals surface area contributed by atoms with E-state index in [9.17, 15) is 27.2 Å². The Kier molecular flexibility index (Phi) is 6.74. The zero-order valence-corrected chi connectivity index (χ0v) is 14.8. The number of carbonyl (C=O) groups excluding carboxylic acids is 2. The highest BCUT2D eigenvalue weighted by atomic mass is 19.4. The van der Waals surface area contributed by atoms with E-state index in [0.717, 1.165) is 12.1 Å². The smallest absolute Gasteiger partial charge is 0.448 e. The van der Waals surface area contributed by atoms with Crippen LogP contribution >= 0.6 is 0 Å². The Hall–Kier alpha value is -2.94. The van der Waals surface area contributed by atoms with Gasteiger partial charge in [0.25, 0.3) is 5.91 Å². The molecule has 0 saturated carbocycles. The van der Waals surface area contributed by atoms with Crippen molar-refractivity contribution in [1.82, 2.24) is 5.32 Å². The zero-order chi connectivity index (χ0) is 20.8. The summed E-state index contributed by atoms with van der Waals surface area (Å²) in [5.41, 5.74) is -3.68. The van der Waals surface area contributed by atoms with Gasteiger partial charge in [-0.2, -0.15) is 13.2 Å². The summed E-state index contributed by atoms with van der Waals surface area (Å²) in [4.78, 5) is 24.5. The van der Waals surface area contributed by atoms with Crippen LogP contribution in [0.5, 0.6) is 0 Å². The maximum Gasteiger partial charge on any atom is 0.448 e. The Labute approximate surface area is 158 Å². The molecule has 2 aromatic carbocycles. The van der Waals surface area contributed by atoms with Gasteiger partial charge in [0.15, 0.2) is 0 Å². The van der Waals surface area contributed by atoms with E-state index in [1.165, 1.54) is 43.3 Å². The van der Waals surface area contributed by atoms with E-state index in [1.54, 1.807) is 11.4 Å². The summed E-state index contributed by atoms with van der Waals surface area (Å²) in [6, 6.07) is 11.5. The Morgan fingerprint density at radius 1 is 1.00 bits per heavy atom. The van der Waals surface area contributed by atoms with Crippen molar-refractivity contribution < 1.29 is 36.6 Å². The molecule has 0 radical (unpaired) electrons. The molecule has 9 heteroatoms. The lowest BCUT2D eigenvalue weighted by atomic mass is 10.1. The van der Waals surface area contributed by atoms with E-state index in [4.69, 9.17) is 4.74 Å². The van der Waals surface area contributed by atoms with Crippen LogP contribution in [0, 0.1) is 5.82 Å². The molecule has 150 valence electrons. The molecular weight excluding hydrogens is 382 g/mol.